The smallest absolute Gasteiger partial charge is 0.257 e. The Balaban J connectivity index is 1.83. The first-order chi connectivity index (χ1) is 13.5. The number of nitrogens with zero attached hydrogens (tertiary/aromatic N) is 1. The predicted molar refractivity (Wildman–Crippen MR) is 109 cm³/mol. The molecule has 1 aliphatic rings. The lowest BCUT2D eigenvalue weighted by Gasteiger charge is -2.42. The topological polar surface area (TPSA) is 59.0 Å². The summed E-state index contributed by atoms with van der Waals surface area (Å²) in [7, 11) is 3.14. The van der Waals surface area contributed by atoms with E-state index in [1.807, 2.05) is 17.0 Å². The highest BCUT2D eigenvalue weighted by atomic mass is 16.5. The number of rotatable bonds is 6. The first-order valence-electron chi connectivity index (χ1n) is 9.68. The van der Waals surface area contributed by atoms with Crippen molar-refractivity contribution in [2.45, 2.75) is 26.2 Å². The number of hydrogen-bond donors (Lipinski definition) is 1. The van der Waals surface area contributed by atoms with E-state index in [1.54, 1.807) is 32.4 Å². The maximum atomic E-state index is 13.2. The molecule has 0 saturated carbocycles. The normalized spacial score (nSPS) is 19.4. The minimum Gasteiger partial charge on any atom is -0.497 e. The van der Waals surface area contributed by atoms with Crippen molar-refractivity contribution < 1.29 is 19.4 Å². The van der Waals surface area contributed by atoms with Crippen molar-refractivity contribution in [1.29, 1.82) is 0 Å². The average molecular weight is 383 g/mol. The van der Waals surface area contributed by atoms with Crippen molar-refractivity contribution in [1.82, 2.24) is 4.90 Å². The molecule has 0 bridgehead atoms. The lowest BCUT2D eigenvalue weighted by Crippen LogP contribution is -2.49. The van der Waals surface area contributed by atoms with E-state index in [1.165, 1.54) is 11.1 Å². The molecule has 1 aliphatic heterocycles. The molecule has 1 amide bonds. The van der Waals surface area contributed by atoms with Gasteiger partial charge in [0.25, 0.3) is 5.91 Å². The fourth-order valence-corrected chi connectivity index (χ4v) is 4.07. The van der Waals surface area contributed by atoms with Crippen LogP contribution in [-0.4, -0.2) is 49.8 Å². The van der Waals surface area contributed by atoms with Gasteiger partial charge in [0.2, 0.25) is 0 Å². The van der Waals surface area contributed by atoms with Gasteiger partial charge in [-0.25, -0.2) is 0 Å². The standard InChI is InChI=1S/C23H29NO4/c1-17-7-4-5-8-18(17)14-23(16-25)11-6-12-24(15-23)22(26)20-10-9-19(27-2)13-21(20)28-3/h4-5,7-10,13,25H,6,11-12,14-16H2,1-3H3/t23-/m0/s1. The van der Waals surface area contributed by atoms with Gasteiger partial charge < -0.3 is 19.5 Å². The van der Waals surface area contributed by atoms with Crippen LogP contribution in [0.15, 0.2) is 42.5 Å². The number of benzene rings is 2. The molecule has 1 saturated heterocycles. The second-order valence-electron chi connectivity index (χ2n) is 7.66. The van der Waals surface area contributed by atoms with Crippen LogP contribution < -0.4 is 9.47 Å². The molecular formula is C23H29NO4. The molecule has 3 rings (SSSR count). The lowest BCUT2D eigenvalue weighted by atomic mass is 9.75. The van der Waals surface area contributed by atoms with E-state index in [2.05, 4.69) is 19.1 Å². The van der Waals surface area contributed by atoms with Gasteiger partial charge in [0.1, 0.15) is 11.5 Å². The molecule has 2 aromatic carbocycles. The first-order valence-corrected chi connectivity index (χ1v) is 9.68. The number of carbonyl (C=O) groups is 1. The third-order valence-corrected chi connectivity index (χ3v) is 5.75. The van der Waals surface area contributed by atoms with Crippen LogP contribution in [-0.2, 0) is 6.42 Å². The number of likely N-dealkylation sites (tertiary alicyclic amines) is 1. The Bertz CT molecular complexity index is 835. The van der Waals surface area contributed by atoms with Crippen LogP contribution in [0.5, 0.6) is 11.5 Å². The molecule has 1 atom stereocenters. The highest BCUT2D eigenvalue weighted by Crippen LogP contribution is 2.36. The van der Waals surface area contributed by atoms with E-state index in [0.29, 0.717) is 30.2 Å². The zero-order valence-electron chi connectivity index (χ0n) is 16.9. The molecule has 28 heavy (non-hydrogen) atoms. The van der Waals surface area contributed by atoms with E-state index in [4.69, 9.17) is 9.47 Å². The summed E-state index contributed by atoms with van der Waals surface area (Å²) in [6, 6.07) is 13.5. The third-order valence-electron chi connectivity index (χ3n) is 5.75. The Kier molecular flexibility index (Phi) is 6.25. The lowest BCUT2D eigenvalue weighted by molar-refractivity contribution is 0.0269. The average Bonchev–Trinajstić information content (AvgIpc) is 2.74. The highest BCUT2D eigenvalue weighted by Gasteiger charge is 2.38. The maximum Gasteiger partial charge on any atom is 0.257 e. The van der Waals surface area contributed by atoms with E-state index in [0.717, 1.165) is 19.3 Å². The number of hydrogen-bond acceptors (Lipinski definition) is 4. The molecule has 0 aliphatic carbocycles. The second-order valence-corrected chi connectivity index (χ2v) is 7.66. The molecule has 1 heterocycles. The van der Waals surface area contributed by atoms with Crippen molar-refractivity contribution in [2.24, 2.45) is 5.41 Å². The number of ether oxygens (including phenoxy) is 2. The van der Waals surface area contributed by atoms with Gasteiger partial charge in [-0.3, -0.25) is 4.79 Å². The summed E-state index contributed by atoms with van der Waals surface area (Å²) in [5, 5.41) is 10.3. The van der Waals surface area contributed by atoms with Gasteiger partial charge in [-0.15, -0.1) is 0 Å². The zero-order chi connectivity index (χ0) is 20.1. The molecule has 0 aromatic heterocycles. The molecule has 1 fully saturated rings. The van der Waals surface area contributed by atoms with Crippen molar-refractivity contribution in [3.05, 3.63) is 59.2 Å². The maximum absolute atomic E-state index is 13.2. The van der Waals surface area contributed by atoms with Gasteiger partial charge in [0, 0.05) is 24.6 Å². The predicted octanol–water partition coefficient (Wildman–Crippen LogP) is 3.47. The highest BCUT2D eigenvalue weighted by molar-refractivity contribution is 5.97. The number of piperidine rings is 1. The van der Waals surface area contributed by atoms with Crippen LogP contribution in [0.4, 0.5) is 0 Å². The molecule has 0 spiro atoms. The summed E-state index contributed by atoms with van der Waals surface area (Å²) in [6.07, 6.45) is 2.54. The third kappa shape index (κ3) is 4.14. The van der Waals surface area contributed by atoms with Crippen molar-refractivity contribution >= 4 is 5.91 Å². The van der Waals surface area contributed by atoms with Crippen LogP contribution in [0.2, 0.25) is 0 Å². The Morgan fingerprint density at radius 2 is 1.96 bits per heavy atom. The van der Waals surface area contributed by atoms with E-state index < -0.39 is 0 Å². The fourth-order valence-electron chi connectivity index (χ4n) is 4.07. The summed E-state index contributed by atoms with van der Waals surface area (Å²) < 4.78 is 10.6. The van der Waals surface area contributed by atoms with Crippen molar-refractivity contribution in [2.75, 3.05) is 33.9 Å². The zero-order valence-corrected chi connectivity index (χ0v) is 16.9. The van der Waals surface area contributed by atoms with E-state index in [9.17, 15) is 9.90 Å². The van der Waals surface area contributed by atoms with Gasteiger partial charge in [-0.2, -0.15) is 0 Å². The summed E-state index contributed by atoms with van der Waals surface area (Å²) in [6.45, 7) is 3.37. The van der Waals surface area contributed by atoms with Gasteiger partial charge in [-0.05, 0) is 49.4 Å². The number of carbonyl (C=O) groups excluding carboxylic acids is 1. The van der Waals surface area contributed by atoms with Crippen LogP contribution in [0.3, 0.4) is 0 Å². The minimum atomic E-state index is -0.320. The van der Waals surface area contributed by atoms with Gasteiger partial charge in [0.05, 0.1) is 26.4 Å². The van der Waals surface area contributed by atoms with Gasteiger partial charge in [0.15, 0.2) is 0 Å². The monoisotopic (exact) mass is 383 g/mol. The Labute approximate surface area is 166 Å². The summed E-state index contributed by atoms with van der Waals surface area (Å²) in [5.74, 6) is 1.08. The van der Waals surface area contributed by atoms with Crippen LogP contribution in [0, 0.1) is 12.3 Å². The summed E-state index contributed by atoms with van der Waals surface area (Å²) in [4.78, 5) is 15.1. The molecule has 1 N–H and O–H groups in total. The van der Waals surface area contributed by atoms with Crippen LogP contribution in [0.1, 0.15) is 34.3 Å². The molecule has 150 valence electrons. The SMILES string of the molecule is COc1ccc(C(=O)N2CCC[C@](CO)(Cc3ccccc3C)C2)c(OC)c1. The van der Waals surface area contributed by atoms with Gasteiger partial charge >= 0.3 is 0 Å². The van der Waals surface area contributed by atoms with E-state index in [-0.39, 0.29) is 17.9 Å². The van der Waals surface area contributed by atoms with Crippen LogP contribution in [0.25, 0.3) is 0 Å². The van der Waals surface area contributed by atoms with E-state index >= 15 is 0 Å². The van der Waals surface area contributed by atoms with Gasteiger partial charge in [-0.1, -0.05) is 24.3 Å². The van der Waals surface area contributed by atoms with Crippen molar-refractivity contribution in [3.8, 4) is 11.5 Å². The molecule has 2 aromatic rings. The second kappa shape index (κ2) is 8.65. The molecule has 5 heteroatoms. The number of aryl methyl sites for hydroxylation is 1. The molecule has 0 unspecified atom stereocenters. The Hall–Kier alpha value is -2.53. The molecular weight excluding hydrogens is 354 g/mol. The minimum absolute atomic E-state index is 0.0604. The van der Waals surface area contributed by atoms with Crippen molar-refractivity contribution in [3.63, 3.8) is 0 Å². The number of amides is 1. The quantitative estimate of drug-likeness (QED) is 0.830. The molecule has 0 radical (unpaired) electrons. The Morgan fingerprint density at radius 1 is 1.18 bits per heavy atom. The number of aliphatic hydroxyl groups excluding tert-OH is 1. The molecule has 5 nitrogen and oxygen atoms in total. The number of methoxy groups -OCH3 is 2. The largest absolute Gasteiger partial charge is 0.497 e. The Morgan fingerprint density at radius 3 is 2.64 bits per heavy atom. The summed E-state index contributed by atoms with van der Waals surface area (Å²) >= 11 is 0. The fraction of sp³-hybridized carbons (Fsp3) is 0.435. The van der Waals surface area contributed by atoms with Crippen LogP contribution >= 0.6 is 0 Å². The first kappa shape index (κ1) is 20.2. The number of aliphatic hydroxyl groups is 1. The summed E-state index contributed by atoms with van der Waals surface area (Å²) in [5.41, 5.74) is 2.65.